The fourth-order valence-corrected chi connectivity index (χ4v) is 6.88. The van der Waals surface area contributed by atoms with Crippen LogP contribution in [0.4, 0.5) is 0 Å². The van der Waals surface area contributed by atoms with Crippen LogP contribution in [-0.4, -0.2) is 37.8 Å². The quantitative estimate of drug-likeness (QED) is 0.513. The fraction of sp³-hybridized carbons (Fsp3) is 0.286. The van der Waals surface area contributed by atoms with Crippen LogP contribution in [0.1, 0.15) is 43.7 Å². The summed E-state index contributed by atoms with van der Waals surface area (Å²) in [6, 6.07) is 17.2. The molecule has 3 aromatic carbocycles. The molecule has 1 unspecified atom stereocenters. The number of ether oxygens (including phenoxy) is 1. The minimum atomic E-state index is -3.97. The first-order valence-corrected chi connectivity index (χ1v) is 13.2. The number of aryl methyl sites for hydroxylation is 3. The Labute approximate surface area is 212 Å². The summed E-state index contributed by atoms with van der Waals surface area (Å²) in [7, 11) is -2.66. The summed E-state index contributed by atoms with van der Waals surface area (Å²) in [6.07, 6.45) is 0.271. The maximum Gasteiger partial charge on any atom is 0.337 e. The molecule has 0 radical (unpaired) electrons. The molecule has 1 aliphatic rings. The second-order valence-electron chi connectivity index (χ2n) is 9.18. The van der Waals surface area contributed by atoms with Crippen molar-refractivity contribution in [2.75, 3.05) is 7.11 Å². The molecule has 36 heavy (non-hydrogen) atoms. The highest BCUT2D eigenvalue weighted by atomic mass is 32.2. The second-order valence-corrected chi connectivity index (χ2v) is 11.0. The van der Waals surface area contributed by atoms with Crippen LogP contribution in [0.15, 0.2) is 65.6 Å². The SMILES string of the molecule is COC(=O)c1cccc(CNC(=O)C2Cc3ccccc3CN2S(=O)(=O)c2c(C)cc(C)cc2C)c1. The number of carbonyl (C=O) groups is 2. The van der Waals surface area contributed by atoms with Crippen LogP contribution >= 0.6 is 0 Å². The van der Waals surface area contributed by atoms with Gasteiger partial charge in [-0.3, -0.25) is 4.79 Å². The van der Waals surface area contributed by atoms with Gasteiger partial charge >= 0.3 is 5.97 Å². The fourth-order valence-electron chi connectivity index (χ4n) is 4.90. The van der Waals surface area contributed by atoms with Gasteiger partial charge in [-0.2, -0.15) is 4.31 Å². The molecule has 0 bridgehead atoms. The van der Waals surface area contributed by atoms with E-state index in [1.165, 1.54) is 11.4 Å². The summed E-state index contributed by atoms with van der Waals surface area (Å²) < 4.78 is 34.1. The van der Waals surface area contributed by atoms with E-state index in [4.69, 9.17) is 4.74 Å². The number of amides is 1. The predicted octanol–water partition coefficient (Wildman–Crippen LogP) is 3.83. The molecule has 1 atom stereocenters. The van der Waals surface area contributed by atoms with Gasteiger partial charge in [0.2, 0.25) is 15.9 Å². The summed E-state index contributed by atoms with van der Waals surface area (Å²) >= 11 is 0. The highest BCUT2D eigenvalue weighted by Gasteiger charge is 2.40. The van der Waals surface area contributed by atoms with Gasteiger partial charge in [0.25, 0.3) is 0 Å². The standard InChI is InChI=1S/C28H30N2O5S/c1-18-12-19(2)26(20(3)13-18)36(33,34)30-17-24-10-6-5-9-22(24)15-25(30)27(31)29-16-21-8-7-11-23(14-21)28(32)35-4/h5-14,25H,15-17H2,1-4H3,(H,29,31). The van der Waals surface area contributed by atoms with Gasteiger partial charge in [-0.25, -0.2) is 13.2 Å². The van der Waals surface area contributed by atoms with Crippen LogP contribution in [0, 0.1) is 20.8 Å². The molecular weight excluding hydrogens is 476 g/mol. The second kappa shape index (κ2) is 10.2. The van der Waals surface area contributed by atoms with Crippen LogP contribution in [-0.2, 0) is 39.1 Å². The van der Waals surface area contributed by atoms with Gasteiger partial charge in [-0.15, -0.1) is 0 Å². The first-order chi connectivity index (χ1) is 17.1. The summed E-state index contributed by atoms with van der Waals surface area (Å²) in [5.74, 6) is -0.855. The minimum Gasteiger partial charge on any atom is -0.465 e. The Bertz CT molecular complexity index is 1410. The topological polar surface area (TPSA) is 92.8 Å². The normalized spacial score (nSPS) is 15.7. The number of sulfonamides is 1. The molecule has 0 aliphatic carbocycles. The average molecular weight is 507 g/mol. The number of fused-ring (bicyclic) bond motifs is 1. The molecule has 8 heteroatoms. The summed E-state index contributed by atoms with van der Waals surface area (Å²) in [5, 5.41) is 2.88. The molecule has 0 fully saturated rings. The third kappa shape index (κ3) is 5.05. The number of nitrogens with one attached hydrogen (secondary N) is 1. The maximum atomic E-state index is 14.0. The highest BCUT2D eigenvalue weighted by Crippen LogP contribution is 2.32. The Morgan fingerprint density at radius 3 is 2.31 bits per heavy atom. The summed E-state index contributed by atoms with van der Waals surface area (Å²) in [4.78, 5) is 25.6. The van der Waals surface area contributed by atoms with E-state index >= 15 is 0 Å². The van der Waals surface area contributed by atoms with E-state index in [1.807, 2.05) is 43.3 Å². The van der Waals surface area contributed by atoms with Gasteiger partial charge < -0.3 is 10.1 Å². The summed E-state index contributed by atoms with van der Waals surface area (Å²) in [6.45, 7) is 5.76. The van der Waals surface area contributed by atoms with E-state index in [1.54, 1.807) is 38.1 Å². The molecule has 7 nitrogen and oxygen atoms in total. The van der Waals surface area contributed by atoms with E-state index in [9.17, 15) is 18.0 Å². The molecule has 1 heterocycles. The maximum absolute atomic E-state index is 14.0. The molecule has 3 aromatic rings. The first-order valence-electron chi connectivity index (χ1n) is 11.7. The van der Waals surface area contributed by atoms with Gasteiger partial charge in [0.15, 0.2) is 0 Å². The molecule has 4 rings (SSSR count). The monoisotopic (exact) mass is 506 g/mol. The van der Waals surface area contributed by atoms with Gasteiger partial charge in [-0.05, 0) is 67.1 Å². The number of carbonyl (C=O) groups excluding carboxylic acids is 2. The molecule has 0 spiro atoms. The molecule has 0 saturated heterocycles. The molecule has 0 saturated carbocycles. The largest absolute Gasteiger partial charge is 0.465 e. The number of esters is 1. The van der Waals surface area contributed by atoms with Crippen molar-refractivity contribution in [2.24, 2.45) is 0 Å². The Morgan fingerprint density at radius 1 is 0.972 bits per heavy atom. The van der Waals surface area contributed by atoms with Crippen molar-refractivity contribution in [3.05, 3.63) is 99.6 Å². The van der Waals surface area contributed by atoms with E-state index in [-0.39, 0.29) is 30.3 Å². The van der Waals surface area contributed by atoms with E-state index in [0.717, 1.165) is 16.7 Å². The van der Waals surface area contributed by atoms with Crippen molar-refractivity contribution < 1.29 is 22.7 Å². The van der Waals surface area contributed by atoms with Crippen molar-refractivity contribution in [1.29, 1.82) is 0 Å². The van der Waals surface area contributed by atoms with Crippen molar-refractivity contribution >= 4 is 21.9 Å². The lowest BCUT2D eigenvalue weighted by molar-refractivity contribution is -0.125. The molecule has 1 aliphatic heterocycles. The number of benzene rings is 3. The van der Waals surface area contributed by atoms with Crippen LogP contribution < -0.4 is 5.32 Å². The Kier molecular flexibility index (Phi) is 7.28. The Hall–Kier alpha value is -3.49. The van der Waals surface area contributed by atoms with Crippen molar-refractivity contribution in [1.82, 2.24) is 9.62 Å². The molecule has 1 N–H and O–H groups in total. The van der Waals surface area contributed by atoms with Gasteiger partial charge in [0.1, 0.15) is 6.04 Å². The predicted molar refractivity (Wildman–Crippen MR) is 137 cm³/mol. The molecule has 1 amide bonds. The van der Waals surface area contributed by atoms with Crippen molar-refractivity contribution in [3.8, 4) is 0 Å². The smallest absolute Gasteiger partial charge is 0.337 e. The number of methoxy groups -OCH3 is 1. The minimum absolute atomic E-state index is 0.112. The van der Waals surface area contributed by atoms with E-state index < -0.39 is 22.0 Å². The van der Waals surface area contributed by atoms with E-state index in [0.29, 0.717) is 22.3 Å². The van der Waals surface area contributed by atoms with Gasteiger partial charge in [0, 0.05) is 13.1 Å². The summed E-state index contributed by atoms with van der Waals surface area (Å²) in [5.41, 5.74) is 5.23. The van der Waals surface area contributed by atoms with Crippen LogP contribution in [0.25, 0.3) is 0 Å². The van der Waals surface area contributed by atoms with Gasteiger partial charge in [-0.1, -0.05) is 54.1 Å². The molecular formula is C28H30N2O5S. The lowest BCUT2D eigenvalue weighted by atomic mass is 9.95. The van der Waals surface area contributed by atoms with Crippen LogP contribution in [0.2, 0.25) is 0 Å². The Balaban J connectivity index is 1.66. The van der Waals surface area contributed by atoms with E-state index in [2.05, 4.69) is 5.32 Å². The number of rotatable bonds is 6. The molecule has 0 aromatic heterocycles. The third-order valence-electron chi connectivity index (χ3n) is 6.49. The van der Waals surface area contributed by atoms with Gasteiger partial charge in [0.05, 0.1) is 17.6 Å². The third-order valence-corrected chi connectivity index (χ3v) is 8.66. The number of hydrogen-bond acceptors (Lipinski definition) is 5. The molecule has 188 valence electrons. The highest BCUT2D eigenvalue weighted by molar-refractivity contribution is 7.89. The lowest BCUT2D eigenvalue weighted by Crippen LogP contribution is -2.52. The van der Waals surface area contributed by atoms with Crippen LogP contribution in [0.5, 0.6) is 0 Å². The zero-order chi connectivity index (χ0) is 26.0. The Morgan fingerprint density at radius 2 is 1.64 bits per heavy atom. The average Bonchev–Trinajstić information content (AvgIpc) is 2.85. The number of hydrogen-bond donors (Lipinski definition) is 1. The first kappa shape index (κ1) is 25.6. The number of nitrogens with zero attached hydrogens (tertiary/aromatic N) is 1. The lowest BCUT2D eigenvalue weighted by Gasteiger charge is -2.35. The zero-order valence-corrected chi connectivity index (χ0v) is 21.7. The van der Waals surface area contributed by atoms with Crippen molar-refractivity contribution in [2.45, 2.75) is 51.2 Å². The van der Waals surface area contributed by atoms with Crippen molar-refractivity contribution in [3.63, 3.8) is 0 Å². The zero-order valence-electron chi connectivity index (χ0n) is 20.9. The van der Waals surface area contributed by atoms with Crippen LogP contribution in [0.3, 0.4) is 0 Å².